The van der Waals surface area contributed by atoms with Crippen molar-refractivity contribution in [1.82, 2.24) is 4.98 Å². The predicted octanol–water partition coefficient (Wildman–Crippen LogP) is 2.05. The van der Waals surface area contributed by atoms with Crippen LogP contribution in [0.5, 0.6) is 0 Å². The van der Waals surface area contributed by atoms with Crippen LogP contribution in [0.1, 0.15) is 17.4 Å². The minimum atomic E-state index is -1.04. The van der Waals surface area contributed by atoms with E-state index >= 15 is 0 Å². The molecule has 96 valence electrons. The molecule has 2 aromatic rings. The highest BCUT2D eigenvalue weighted by Crippen LogP contribution is 2.17. The van der Waals surface area contributed by atoms with E-state index in [9.17, 15) is 9.59 Å². The van der Waals surface area contributed by atoms with Crippen molar-refractivity contribution >= 4 is 23.2 Å². The molecule has 0 aliphatic rings. The normalized spacial score (nSPS) is 12.1. The quantitative estimate of drug-likeness (QED) is 0.664. The van der Waals surface area contributed by atoms with Crippen molar-refractivity contribution in [3.8, 4) is 0 Å². The molecule has 0 aromatic carbocycles. The third kappa shape index (κ3) is 2.45. The molecule has 0 fully saturated rings. The van der Waals surface area contributed by atoms with Crippen molar-refractivity contribution in [3.05, 3.63) is 24.1 Å². The summed E-state index contributed by atoms with van der Waals surface area (Å²) in [5.41, 5.74) is 1.44. The Kier molecular flexibility index (Phi) is 3.22. The molecular formula is C11H11NO6. The molecule has 1 unspecified atom stereocenters. The zero-order valence-corrected chi connectivity index (χ0v) is 9.76. The van der Waals surface area contributed by atoms with Crippen LogP contribution in [0, 0.1) is 0 Å². The Balaban J connectivity index is 1.99. The van der Waals surface area contributed by atoms with Gasteiger partial charge in [0.15, 0.2) is 5.58 Å². The van der Waals surface area contributed by atoms with Gasteiger partial charge in [-0.1, -0.05) is 0 Å². The molecule has 2 rings (SSSR count). The first-order valence-corrected chi connectivity index (χ1v) is 5.12. The van der Waals surface area contributed by atoms with E-state index in [-0.39, 0.29) is 5.69 Å². The number of aromatic nitrogens is 1. The fraction of sp³-hybridized carbons (Fsp3) is 0.273. The maximum atomic E-state index is 11.7. The van der Waals surface area contributed by atoms with Crippen molar-refractivity contribution < 1.29 is 28.2 Å². The lowest BCUT2D eigenvalue weighted by atomic mass is 10.4. The lowest BCUT2D eigenvalue weighted by Crippen LogP contribution is -2.21. The Morgan fingerprint density at radius 3 is 2.83 bits per heavy atom. The Hall–Kier alpha value is -2.44. The van der Waals surface area contributed by atoms with Gasteiger partial charge in [-0.2, -0.15) is 0 Å². The third-order valence-electron chi connectivity index (χ3n) is 2.16. The summed E-state index contributed by atoms with van der Waals surface area (Å²) in [6, 6.07) is 3.18. The van der Waals surface area contributed by atoms with Gasteiger partial charge in [0.2, 0.25) is 6.29 Å². The summed E-state index contributed by atoms with van der Waals surface area (Å²) in [5, 5.41) is 0. The lowest BCUT2D eigenvalue weighted by Gasteiger charge is -2.12. The highest BCUT2D eigenvalue weighted by molar-refractivity contribution is 5.93. The smallest absolute Gasteiger partial charge is 0.463 e. The number of rotatable bonds is 3. The van der Waals surface area contributed by atoms with Crippen molar-refractivity contribution in [2.75, 3.05) is 7.11 Å². The zero-order valence-electron chi connectivity index (χ0n) is 9.76. The fourth-order valence-corrected chi connectivity index (χ4v) is 1.38. The number of nitrogens with one attached hydrogen (secondary N) is 1. The molecule has 1 atom stereocenters. The van der Waals surface area contributed by atoms with E-state index in [1.54, 1.807) is 6.07 Å². The Bertz CT molecular complexity index is 540. The average molecular weight is 253 g/mol. The van der Waals surface area contributed by atoms with Crippen LogP contribution in [-0.2, 0) is 14.2 Å². The second-order valence-corrected chi connectivity index (χ2v) is 3.43. The SMILES string of the molecule is COC(=O)OC(C)OC(=O)c1cc2occc2[nH]1. The Morgan fingerprint density at radius 2 is 2.17 bits per heavy atom. The number of fused-ring (bicyclic) bond motifs is 1. The molecule has 0 saturated carbocycles. The van der Waals surface area contributed by atoms with Crippen molar-refractivity contribution in [2.24, 2.45) is 0 Å². The number of hydrogen-bond donors (Lipinski definition) is 1. The average Bonchev–Trinajstić information content (AvgIpc) is 2.88. The standard InChI is InChI=1S/C11H11NO6/c1-6(18-11(14)15-2)17-10(13)8-5-9-7(12-8)3-4-16-9/h3-6,12H,1-2H3. The van der Waals surface area contributed by atoms with Gasteiger partial charge >= 0.3 is 12.1 Å². The minimum Gasteiger partial charge on any atom is -0.463 e. The molecule has 0 radical (unpaired) electrons. The fourth-order valence-electron chi connectivity index (χ4n) is 1.38. The van der Waals surface area contributed by atoms with Gasteiger partial charge < -0.3 is 23.6 Å². The molecule has 1 N–H and O–H groups in total. The summed E-state index contributed by atoms with van der Waals surface area (Å²) >= 11 is 0. The predicted molar refractivity (Wildman–Crippen MR) is 58.9 cm³/mol. The van der Waals surface area contributed by atoms with Crippen LogP contribution in [0.25, 0.3) is 11.1 Å². The minimum absolute atomic E-state index is 0.213. The van der Waals surface area contributed by atoms with Crippen LogP contribution in [0.15, 0.2) is 22.8 Å². The zero-order chi connectivity index (χ0) is 13.1. The summed E-state index contributed by atoms with van der Waals surface area (Å²) in [7, 11) is 1.16. The number of hydrogen-bond acceptors (Lipinski definition) is 6. The topological polar surface area (TPSA) is 90.8 Å². The second kappa shape index (κ2) is 4.82. The molecule has 0 saturated heterocycles. The Morgan fingerprint density at radius 1 is 1.39 bits per heavy atom. The molecule has 0 spiro atoms. The van der Waals surface area contributed by atoms with E-state index < -0.39 is 18.4 Å². The van der Waals surface area contributed by atoms with Gasteiger partial charge in [-0.3, -0.25) is 0 Å². The number of furan rings is 1. The van der Waals surface area contributed by atoms with Gasteiger partial charge in [0.1, 0.15) is 5.69 Å². The maximum Gasteiger partial charge on any atom is 0.511 e. The number of carbonyl (C=O) groups excluding carboxylic acids is 2. The molecular weight excluding hydrogens is 242 g/mol. The Labute approximate surface area is 102 Å². The summed E-state index contributed by atoms with van der Waals surface area (Å²) in [5.74, 6) is -0.655. The number of carbonyl (C=O) groups is 2. The lowest BCUT2D eigenvalue weighted by molar-refractivity contribution is -0.0784. The molecule has 2 aromatic heterocycles. The van der Waals surface area contributed by atoms with E-state index in [0.29, 0.717) is 11.1 Å². The van der Waals surface area contributed by atoms with Crippen LogP contribution in [-0.4, -0.2) is 30.5 Å². The van der Waals surface area contributed by atoms with E-state index in [2.05, 4.69) is 14.5 Å². The van der Waals surface area contributed by atoms with Crippen LogP contribution in [0.2, 0.25) is 0 Å². The number of H-pyrrole nitrogens is 1. The summed E-state index contributed by atoms with van der Waals surface area (Å²) in [6.45, 7) is 1.40. The van der Waals surface area contributed by atoms with E-state index in [1.165, 1.54) is 19.3 Å². The number of ether oxygens (including phenoxy) is 3. The summed E-state index contributed by atoms with van der Waals surface area (Å²) in [6.07, 6.45) is -0.464. The first-order chi connectivity index (χ1) is 8.60. The van der Waals surface area contributed by atoms with Crippen molar-refractivity contribution in [2.45, 2.75) is 13.2 Å². The summed E-state index contributed by atoms with van der Waals surface area (Å²) < 4.78 is 18.8. The highest BCUT2D eigenvalue weighted by atomic mass is 16.8. The molecule has 7 heteroatoms. The molecule has 0 bridgehead atoms. The van der Waals surface area contributed by atoms with Gasteiger partial charge in [0.25, 0.3) is 0 Å². The number of aromatic amines is 1. The van der Waals surface area contributed by atoms with Crippen LogP contribution < -0.4 is 0 Å². The van der Waals surface area contributed by atoms with Crippen LogP contribution >= 0.6 is 0 Å². The first-order valence-electron chi connectivity index (χ1n) is 5.12. The van der Waals surface area contributed by atoms with Crippen molar-refractivity contribution in [3.63, 3.8) is 0 Å². The highest BCUT2D eigenvalue weighted by Gasteiger charge is 2.18. The first kappa shape index (κ1) is 12.0. The van der Waals surface area contributed by atoms with Gasteiger partial charge in [-0.15, -0.1) is 0 Å². The van der Waals surface area contributed by atoms with Crippen LogP contribution in [0.4, 0.5) is 4.79 Å². The second-order valence-electron chi connectivity index (χ2n) is 3.43. The van der Waals surface area contributed by atoms with Gasteiger partial charge in [-0.25, -0.2) is 9.59 Å². The molecule has 2 heterocycles. The molecule has 0 aliphatic carbocycles. The molecule has 0 amide bonds. The largest absolute Gasteiger partial charge is 0.511 e. The van der Waals surface area contributed by atoms with E-state index in [0.717, 1.165) is 7.11 Å². The molecule has 18 heavy (non-hydrogen) atoms. The number of esters is 1. The van der Waals surface area contributed by atoms with E-state index in [4.69, 9.17) is 9.15 Å². The van der Waals surface area contributed by atoms with Crippen LogP contribution in [0.3, 0.4) is 0 Å². The van der Waals surface area contributed by atoms with Gasteiger partial charge in [-0.05, 0) is 0 Å². The van der Waals surface area contributed by atoms with Crippen molar-refractivity contribution in [1.29, 1.82) is 0 Å². The maximum absolute atomic E-state index is 11.7. The molecule has 7 nitrogen and oxygen atoms in total. The van der Waals surface area contributed by atoms with E-state index in [1.807, 2.05) is 0 Å². The summed E-state index contributed by atoms with van der Waals surface area (Å²) in [4.78, 5) is 25.3. The monoisotopic (exact) mass is 253 g/mol. The van der Waals surface area contributed by atoms with Gasteiger partial charge in [0.05, 0.1) is 18.9 Å². The van der Waals surface area contributed by atoms with Gasteiger partial charge in [0, 0.05) is 19.1 Å². The molecule has 0 aliphatic heterocycles. The third-order valence-corrected chi connectivity index (χ3v) is 2.16. The number of methoxy groups -OCH3 is 1.